The van der Waals surface area contributed by atoms with E-state index in [1.165, 1.54) is 18.5 Å². The van der Waals surface area contributed by atoms with Crippen LogP contribution in [0.2, 0.25) is 0 Å². The van der Waals surface area contributed by atoms with Gasteiger partial charge in [0.15, 0.2) is 4.77 Å². The van der Waals surface area contributed by atoms with Gasteiger partial charge >= 0.3 is 0 Å². The molecule has 13 heavy (non-hydrogen) atoms. The van der Waals surface area contributed by atoms with E-state index in [2.05, 4.69) is 23.4 Å². The molecule has 72 valence electrons. The standard InChI is InChI=1S/C10H16N2S/c1-3-7-5-9(7)12-8(4-2)6-11-10(12)13/h6-7,9H,3-5H2,1-2H3,(H,11,13). The zero-order valence-electron chi connectivity index (χ0n) is 8.21. The van der Waals surface area contributed by atoms with Gasteiger partial charge in [-0.05, 0) is 31.0 Å². The first-order valence-electron chi connectivity index (χ1n) is 5.06. The summed E-state index contributed by atoms with van der Waals surface area (Å²) in [5, 5.41) is 0. The van der Waals surface area contributed by atoms with Crippen molar-refractivity contribution < 1.29 is 0 Å². The smallest absolute Gasteiger partial charge is 0.177 e. The second-order valence-corrected chi connectivity index (χ2v) is 4.17. The zero-order chi connectivity index (χ0) is 9.42. The highest BCUT2D eigenvalue weighted by Gasteiger charge is 2.38. The summed E-state index contributed by atoms with van der Waals surface area (Å²) in [5.74, 6) is 0.868. The molecule has 0 aliphatic heterocycles. The molecule has 1 aliphatic rings. The summed E-state index contributed by atoms with van der Waals surface area (Å²) in [5.41, 5.74) is 1.35. The van der Waals surface area contributed by atoms with E-state index in [4.69, 9.17) is 12.2 Å². The Labute approximate surface area is 84.0 Å². The molecule has 0 saturated heterocycles. The van der Waals surface area contributed by atoms with Crippen LogP contribution in [0.25, 0.3) is 0 Å². The quantitative estimate of drug-likeness (QED) is 0.737. The fourth-order valence-corrected chi connectivity index (χ4v) is 2.35. The molecule has 1 aromatic rings. The number of nitrogens with one attached hydrogen (secondary N) is 1. The Balaban J connectivity index is 2.29. The van der Waals surface area contributed by atoms with E-state index in [-0.39, 0.29) is 0 Å². The third-order valence-corrected chi connectivity index (χ3v) is 3.31. The van der Waals surface area contributed by atoms with Crippen LogP contribution in [0.4, 0.5) is 0 Å². The molecule has 2 rings (SSSR count). The van der Waals surface area contributed by atoms with E-state index in [1.807, 2.05) is 6.20 Å². The minimum atomic E-state index is 0.693. The van der Waals surface area contributed by atoms with Crippen LogP contribution in [0.1, 0.15) is 38.4 Å². The van der Waals surface area contributed by atoms with Crippen LogP contribution < -0.4 is 0 Å². The van der Waals surface area contributed by atoms with Crippen molar-refractivity contribution in [1.29, 1.82) is 0 Å². The highest BCUT2D eigenvalue weighted by atomic mass is 32.1. The van der Waals surface area contributed by atoms with Gasteiger partial charge in [-0.25, -0.2) is 0 Å². The molecule has 1 heterocycles. The predicted octanol–water partition coefficient (Wildman–Crippen LogP) is 3.08. The highest BCUT2D eigenvalue weighted by Crippen LogP contribution is 2.46. The highest BCUT2D eigenvalue weighted by molar-refractivity contribution is 7.71. The van der Waals surface area contributed by atoms with E-state index in [0.29, 0.717) is 6.04 Å². The maximum Gasteiger partial charge on any atom is 0.177 e. The van der Waals surface area contributed by atoms with E-state index in [9.17, 15) is 0 Å². The zero-order valence-corrected chi connectivity index (χ0v) is 9.03. The molecule has 2 atom stereocenters. The molecular formula is C10H16N2S. The van der Waals surface area contributed by atoms with Crippen LogP contribution >= 0.6 is 12.2 Å². The summed E-state index contributed by atoms with van der Waals surface area (Å²) in [6, 6.07) is 0.693. The number of imidazole rings is 1. The van der Waals surface area contributed by atoms with Gasteiger partial charge in [-0.1, -0.05) is 20.3 Å². The van der Waals surface area contributed by atoms with Crippen molar-refractivity contribution in [3.05, 3.63) is 16.7 Å². The number of aromatic nitrogens is 2. The molecule has 2 nitrogen and oxygen atoms in total. The van der Waals surface area contributed by atoms with Crippen molar-refractivity contribution in [3.63, 3.8) is 0 Å². The van der Waals surface area contributed by atoms with Crippen molar-refractivity contribution in [2.75, 3.05) is 0 Å². The topological polar surface area (TPSA) is 20.7 Å². The molecule has 1 saturated carbocycles. The molecule has 1 aliphatic carbocycles. The van der Waals surface area contributed by atoms with Crippen LogP contribution in [-0.2, 0) is 6.42 Å². The average molecular weight is 196 g/mol. The van der Waals surface area contributed by atoms with Gasteiger partial charge in [0.05, 0.1) is 0 Å². The van der Waals surface area contributed by atoms with Gasteiger partial charge in [0.1, 0.15) is 0 Å². The molecule has 1 aromatic heterocycles. The normalized spacial score (nSPS) is 26.3. The first-order chi connectivity index (χ1) is 6.27. The van der Waals surface area contributed by atoms with Gasteiger partial charge in [0.2, 0.25) is 0 Å². The Hall–Kier alpha value is -0.570. The third-order valence-electron chi connectivity index (χ3n) is 2.99. The van der Waals surface area contributed by atoms with Crippen molar-refractivity contribution in [3.8, 4) is 0 Å². The summed E-state index contributed by atoms with van der Waals surface area (Å²) < 4.78 is 3.21. The Morgan fingerprint density at radius 2 is 2.38 bits per heavy atom. The number of hydrogen-bond donors (Lipinski definition) is 1. The van der Waals surface area contributed by atoms with E-state index < -0.39 is 0 Å². The van der Waals surface area contributed by atoms with Crippen molar-refractivity contribution in [1.82, 2.24) is 9.55 Å². The molecule has 0 bridgehead atoms. The van der Waals surface area contributed by atoms with Gasteiger partial charge in [0, 0.05) is 17.9 Å². The summed E-state index contributed by atoms with van der Waals surface area (Å²) in [6.45, 7) is 4.43. The maximum atomic E-state index is 5.26. The van der Waals surface area contributed by atoms with Gasteiger partial charge in [-0.2, -0.15) is 0 Å². The van der Waals surface area contributed by atoms with E-state index in [0.717, 1.165) is 17.1 Å². The molecule has 1 N–H and O–H groups in total. The Morgan fingerprint density at radius 3 is 2.92 bits per heavy atom. The molecule has 1 fully saturated rings. The molecule has 2 unspecified atom stereocenters. The predicted molar refractivity (Wildman–Crippen MR) is 56.4 cm³/mol. The lowest BCUT2D eigenvalue weighted by atomic mass is 10.3. The number of nitrogens with zero attached hydrogens (tertiary/aromatic N) is 1. The molecule has 3 heteroatoms. The Bertz CT molecular complexity index is 350. The maximum absolute atomic E-state index is 5.26. The lowest BCUT2D eigenvalue weighted by Crippen LogP contribution is -2.00. The van der Waals surface area contributed by atoms with Crippen LogP contribution in [-0.4, -0.2) is 9.55 Å². The lowest BCUT2D eigenvalue weighted by molar-refractivity contribution is 0.613. The Morgan fingerprint density at radius 1 is 1.62 bits per heavy atom. The fourth-order valence-electron chi connectivity index (χ4n) is 2.04. The van der Waals surface area contributed by atoms with E-state index in [1.54, 1.807) is 0 Å². The largest absolute Gasteiger partial charge is 0.337 e. The summed E-state index contributed by atoms with van der Waals surface area (Å²) in [4.78, 5) is 3.13. The number of aromatic amines is 1. The summed E-state index contributed by atoms with van der Waals surface area (Å²) >= 11 is 5.26. The van der Waals surface area contributed by atoms with Gasteiger partial charge in [-0.3, -0.25) is 0 Å². The second-order valence-electron chi connectivity index (χ2n) is 3.78. The number of hydrogen-bond acceptors (Lipinski definition) is 1. The van der Waals surface area contributed by atoms with Crippen molar-refractivity contribution in [2.45, 2.75) is 39.2 Å². The first-order valence-corrected chi connectivity index (χ1v) is 5.47. The number of rotatable bonds is 3. The summed E-state index contributed by atoms with van der Waals surface area (Å²) in [7, 11) is 0. The minimum absolute atomic E-state index is 0.693. The van der Waals surface area contributed by atoms with E-state index >= 15 is 0 Å². The average Bonchev–Trinajstić information content (AvgIpc) is 2.82. The second kappa shape index (κ2) is 3.29. The fraction of sp³-hybridized carbons (Fsp3) is 0.700. The first kappa shape index (κ1) is 9.00. The van der Waals surface area contributed by atoms with Crippen LogP contribution in [0.15, 0.2) is 6.20 Å². The van der Waals surface area contributed by atoms with Gasteiger partial charge in [0.25, 0.3) is 0 Å². The van der Waals surface area contributed by atoms with Gasteiger partial charge in [-0.15, -0.1) is 0 Å². The van der Waals surface area contributed by atoms with Crippen molar-refractivity contribution >= 4 is 12.2 Å². The molecule has 0 aromatic carbocycles. The number of H-pyrrole nitrogens is 1. The Kier molecular flexibility index (Phi) is 2.28. The lowest BCUT2D eigenvalue weighted by Gasteiger charge is -2.04. The van der Waals surface area contributed by atoms with Crippen LogP contribution in [0, 0.1) is 10.7 Å². The van der Waals surface area contributed by atoms with Crippen molar-refractivity contribution in [2.24, 2.45) is 5.92 Å². The molecule has 0 radical (unpaired) electrons. The molecular weight excluding hydrogens is 180 g/mol. The third kappa shape index (κ3) is 1.46. The van der Waals surface area contributed by atoms with Gasteiger partial charge < -0.3 is 9.55 Å². The number of aryl methyl sites for hydroxylation is 1. The minimum Gasteiger partial charge on any atom is -0.337 e. The van der Waals surface area contributed by atoms with Crippen LogP contribution in [0.3, 0.4) is 0 Å². The van der Waals surface area contributed by atoms with Crippen LogP contribution in [0.5, 0.6) is 0 Å². The molecule has 0 amide bonds. The summed E-state index contributed by atoms with van der Waals surface area (Å²) in [6.07, 6.45) is 5.71. The SMILES string of the molecule is CCc1c[nH]c(=S)n1C1CC1CC. The monoisotopic (exact) mass is 196 g/mol. The molecule has 0 spiro atoms.